The molecule has 318 valence electrons. The largest absolute Gasteiger partial charge is 0.457 e. The summed E-state index contributed by atoms with van der Waals surface area (Å²) in [6.07, 6.45) is 0.604. The Labute approximate surface area is 343 Å². The quantitative estimate of drug-likeness (QED) is 0.157. The maximum absolute atomic E-state index is 13.8. The second-order valence-corrected chi connectivity index (χ2v) is 16.1. The molecule has 2 aromatic rings. The number of ether oxygens (including phenoxy) is 6. The van der Waals surface area contributed by atoms with Gasteiger partial charge in [-0.3, -0.25) is 19.4 Å². The second-order valence-electron chi connectivity index (χ2n) is 16.1. The first-order valence-electron chi connectivity index (χ1n) is 21.2. The predicted octanol–water partition coefficient (Wildman–Crippen LogP) is 4.28. The van der Waals surface area contributed by atoms with Gasteiger partial charge < -0.3 is 38.2 Å². The summed E-state index contributed by atoms with van der Waals surface area (Å²) < 4.78 is 36.3. The molecular formula is C44H62N4O10. The highest BCUT2D eigenvalue weighted by molar-refractivity contribution is 5.92. The lowest BCUT2D eigenvalue weighted by Gasteiger charge is -2.32. The van der Waals surface area contributed by atoms with Gasteiger partial charge in [-0.25, -0.2) is 9.59 Å². The molecule has 0 saturated carbocycles. The molecule has 14 nitrogen and oxygen atoms in total. The minimum Gasteiger partial charge on any atom is -0.457 e. The molecule has 4 fully saturated rings. The molecule has 0 aliphatic carbocycles. The molecule has 0 N–H and O–H groups in total. The van der Waals surface area contributed by atoms with Crippen molar-refractivity contribution >= 4 is 23.9 Å². The molecule has 0 radical (unpaired) electrons. The van der Waals surface area contributed by atoms with Gasteiger partial charge >= 0.3 is 23.9 Å². The molecule has 4 aliphatic rings. The fourth-order valence-corrected chi connectivity index (χ4v) is 8.06. The van der Waals surface area contributed by atoms with Crippen LogP contribution in [0.5, 0.6) is 0 Å². The van der Waals surface area contributed by atoms with E-state index in [0.717, 1.165) is 78.0 Å². The smallest absolute Gasteiger partial charge is 0.339 e. The number of likely N-dealkylation sites (N-methyl/N-ethyl adjacent to an activating group) is 2. The molecule has 4 saturated heterocycles. The van der Waals surface area contributed by atoms with Gasteiger partial charge in [-0.2, -0.15) is 0 Å². The number of unbranched alkanes of at least 4 members (excludes halogenated alkanes) is 2. The van der Waals surface area contributed by atoms with Gasteiger partial charge in [0, 0.05) is 63.5 Å². The normalized spacial score (nSPS) is 24.1. The summed E-state index contributed by atoms with van der Waals surface area (Å²) in [6.45, 7) is 11.4. The van der Waals surface area contributed by atoms with E-state index in [2.05, 4.69) is 47.5 Å². The molecule has 14 heteroatoms. The molecule has 2 aromatic carbocycles. The number of esters is 4. The molecular weight excluding hydrogens is 745 g/mol. The van der Waals surface area contributed by atoms with Crippen LogP contribution in [-0.4, -0.2) is 161 Å². The number of carbonyl (C=O) groups is 4. The van der Waals surface area contributed by atoms with Crippen LogP contribution < -0.4 is 0 Å². The van der Waals surface area contributed by atoms with E-state index in [1.54, 1.807) is 24.3 Å². The van der Waals surface area contributed by atoms with Gasteiger partial charge in [0.1, 0.15) is 24.4 Å². The van der Waals surface area contributed by atoms with Crippen molar-refractivity contribution in [3.8, 4) is 0 Å². The molecule has 6 rings (SSSR count). The third-order valence-corrected chi connectivity index (χ3v) is 11.6. The maximum atomic E-state index is 13.8. The first-order valence-corrected chi connectivity index (χ1v) is 21.2. The molecule has 0 amide bonds. The lowest BCUT2D eigenvalue weighted by Crippen LogP contribution is -2.46. The number of hydrogen-bond acceptors (Lipinski definition) is 14. The zero-order valence-electron chi connectivity index (χ0n) is 34.7. The minimum absolute atomic E-state index is 0.0650. The van der Waals surface area contributed by atoms with Crippen molar-refractivity contribution in [1.29, 1.82) is 0 Å². The molecule has 0 aromatic heterocycles. The standard InChI is InChI=1S/C44H62N4O10/c1-5-7-17-35(55-39(49)27-47-23-19-45(3)20-24-47)31-13-9-11-15-33(31)43(51)57-37-29-53-42-38(30-54-41(37)42)58-44(52)34-16-12-10-14-32(34)36(18-8-6-2)56-40(50)28-48-25-21-46(4)22-26-48/h9-16,35-38,41-42H,5-8,17-30H2,1-4H3/t35-,36-,37-,38+,41+,42+/m0/s1. The van der Waals surface area contributed by atoms with Crippen molar-refractivity contribution in [2.45, 2.75) is 89.0 Å². The van der Waals surface area contributed by atoms with E-state index in [-0.39, 0.29) is 38.2 Å². The highest BCUT2D eigenvalue weighted by Gasteiger charge is 2.51. The molecule has 58 heavy (non-hydrogen) atoms. The van der Waals surface area contributed by atoms with Crippen LogP contribution in [0, 0.1) is 0 Å². The van der Waals surface area contributed by atoms with Gasteiger partial charge in [0.2, 0.25) is 0 Å². The first-order chi connectivity index (χ1) is 28.1. The number of nitrogens with zero attached hydrogens (tertiary/aromatic N) is 4. The Morgan fingerprint density at radius 2 is 0.983 bits per heavy atom. The van der Waals surface area contributed by atoms with E-state index < -0.39 is 48.6 Å². The second kappa shape index (κ2) is 21.4. The summed E-state index contributed by atoms with van der Waals surface area (Å²) in [5.41, 5.74) is 1.84. The Kier molecular flexibility index (Phi) is 16.1. The van der Waals surface area contributed by atoms with Crippen LogP contribution in [0.1, 0.15) is 96.4 Å². The molecule has 0 bridgehead atoms. The summed E-state index contributed by atoms with van der Waals surface area (Å²) in [4.78, 5) is 62.6. The summed E-state index contributed by atoms with van der Waals surface area (Å²) in [5, 5.41) is 0. The van der Waals surface area contributed by atoms with Crippen molar-refractivity contribution < 1.29 is 47.6 Å². The summed E-state index contributed by atoms with van der Waals surface area (Å²) in [7, 11) is 4.14. The number of rotatable bonds is 18. The van der Waals surface area contributed by atoms with E-state index >= 15 is 0 Å². The maximum Gasteiger partial charge on any atom is 0.339 e. The molecule has 0 spiro atoms. The van der Waals surface area contributed by atoms with Gasteiger partial charge in [-0.15, -0.1) is 0 Å². The average Bonchev–Trinajstić information content (AvgIpc) is 3.82. The van der Waals surface area contributed by atoms with E-state index in [9.17, 15) is 19.2 Å². The van der Waals surface area contributed by atoms with Crippen molar-refractivity contribution in [3.05, 3.63) is 70.8 Å². The number of hydrogen-bond donors (Lipinski definition) is 0. The third kappa shape index (κ3) is 11.6. The topological polar surface area (TPSA) is 137 Å². The Morgan fingerprint density at radius 1 is 0.603 bits per heavy atom. The lowest BCUT2D eigenvalue weighted by atomic mass is 9.98. The number of fused-ring (bicyclic) bond motifs is 1. The van der Waals surface area contributed by atoms with E-state index in [4.69, 9.17) is 28.4 Å². The van der Waals surface area contributed by atoms with Crippen LogP contribution >= 0.6 is 0 Å². The Balaban J connectivity index is 1.07. The minimum atomic E-state index is -0.742. The van der Waals surface area contributed by atoms with Gasteiger partial charge in [-0.05, 0) is 51.9 Å². The number of piperazine rings is 2. The summed E-state index contributed by atoms with van der Waals surface area (Å²) in [6, 6.07) is 14.2. The van der Waals surface area contributed by atoms with Crippen molar-refractivity contribution in [2.24, 2.45) is 0 Å². The highest BCUT2D eigenvalue weighted by atomic mass is 16.7. The monoisotopic (exact) mass is 806 g/mol. The SMILES string of the molecule is CCCC[C@H](OC(=O)CN1CCN(C)CC1)c1ccccc1C(=O)O[C@H]1CO[C@H]2[C@@H]1OC[C@H]2OC(=O)c1ccccc1[C@H](CCCC)OC(=O)CN1CCN(C)CC1. The van der Waals surface area contributed by atoms with Crippen molar-refractivity contribution in [3.63, 3.8) is 0 Å². The van der Waals surface area contributed by atoms with E-state index in [1.807, 2.05) is 24.3 Å². The molecule has 6 atom stereocenters. The van der Waals surface area contributed by atoms with Crippen LogP contribution in [0.4, 0.5) is 0 Å². The lowest BCUT2D eigenvalue weighted by molar-refractivity contribution is -0.152. The van der Waals surface area contributed by atoms with Gasteiger partial charge in [0.05, 0.1) is 37.4 Å². The summed E-state index contributed by atoms with van der Waals surface area (Å²) in [5.74, 6) is -1.77. The Morgan fingerprint density at radius 3 is 1.36 bits per heavy atom. The third-order valence-electron chi connectivity index (χ3n) is 11.6. The molecule has 0 unspecified atom stereocenters. The van der Waals surface area contributed by atoms with Crippen molar-refractivity contribution in [1.82, 2.24) is 19.6 Å². The fourth-order valence-electron chi connectivity index (χ4n) is 8.06. The number of benzene rings is 2. The average molecular weight is 807 g/mol. The zero-order valence-corrected chi connectivity index (χ0v) is 34.7. The van der Waals surface area contributed by atoms with E-state index in [0.29, 0.717) is 35.1 Å². The predicted molar refractivity (Wildman–Crippen MR) is 215 cm³/mol. The zero-order chi connectivity index (χ0) is 41.0. The van der Waals surface area contributed by atoms with Crippen molar-refractivity contribution in [2.75, 3.05) is 92.8 Å². The van der Waals surface area contributed by atoms with E-state index in [1.165, 1.54) is 0 Å². The highest BCUT2D eigenvalue weighted by Crippen LogP contribution is 2.34. The van der Waals surface area contributed by atoms with Gasteiger partial charge in [0.15, 0.2) is 12.2 Å². The Bertz CT molecular complexity index is 1560. The first kappa shape index (κ1) is 43.7. The molecule has 4 aliphatic heterocycles. The van der Waals surface area contributed by atoms with Gasteiger partial charge in [0.25, 0.3) is 0 Å². The van der Waals surface area contributed by atoms with Crippen LogP contribution in [0.2, 0.25) is 0 Å². The summed E-state index contributed by atoms with van der Waals surface area (Å²) >= 11 is 0. The van der Waals surface area contributed by atoms with Gasteiger partial charge in [-0.1, -0.05) is 63.1 Å². The van der Waals surface area contributed by atoms with Crippen LogP contribution in [0.25, 0.3) is 0 Å². The van der Waals surface area contributed by atoms with Crippen LogP contribution in [0.15, 0.2) is 48.5 Å². The van der Waals surface area contributed by atoms with Crippen LogP contribution in [-0.2, 0) is 38.0 Å². The van der Waals surface area contributed by atoms with Crippen LogP contribution in [0.3, 0.4) is 0 Å². The fraction of sp³-hybridized carbons (Fsp3) is 0.636. The molecule has 4 heterocycles. The Hall–Kier alpha value is -3.92. The number of carbonyl (C=O) groups excluding carboxylic acids is 4.